The highest BCUT2D eigenvalue weighted by atomic mass is 35.5. The zero-order chi connectivity index (χ0) is 26.5. The Bertz CT molecular complexity index is 1440. The quantitative estimate of drug-likeness (QED) is 0.331. The van der Waals surface area contributed by atoms with Crippen molar-refractivity contribution in [2.24, 2.45) is 0 Å². The Balaban J connectivity index is 1.57. The number of anilines is 2. The maximum atomic E-state index is 13.4. The summed E-state index contributed by atoms with van der Waals surface area (Å²) in [4.78, 5) is 26.1. The average molecular weight is 533 g/mol. The van der Waals surface area contributed by atoms with E-state index in [9.17, 15) is 14.9 Å². The molecule has 0 fully saturated rings. The van der Waals surface area contributed by atoms with E-state index in [1.807, 2.05) is 32.0 Å². The summed E-state index contributed by atoms with van der Waals surface area (Å²) in [6.45, 7) is 5.69. The van der Waals surface area contributed by atoms with E-state index in [0.717, 1.165) is 16.8 Å². The third kappa shape index (κ3) is 6.08. The van der Waals surface area contributed by atoms with Gasteiger partial charge in [0.2, 0.25) is 5.91 Å². The summed E-state index contributed by atoms with van der Waals surface area (Å²) in [6, 6.07) is 18.2. The van der Waals surface area contributed by atoms with Gasteiger partial charge in [0.1, 0.15) is 5.76 Å². The maximum Gasteiger partial charge on any atom is 0.254 e. The van der Waals surface area contributed by atoms with E-state index in [1.165, 1.54) is 18.0 Å². The number of hydrogen-bond donors (Lipinski definition) is 3. The summed E-state index contributed by atoms with van der Waals surface area (Å²) >= 11 is 7.16. The number of nitrogens with zero attached hydrogens (tertiary/aromatic N) is 1. The maximum absolute atomic E-state index is 13.4. The zero-order valence-corrected chi connectivity index (χ0v) is 22.1. The fraction of sp³-hybridized carbons (Fsp3) is 0.179. The first-order valence-electron chi connectivity index (χ1n) is 11.5. The van der Waals surface area contributed by atoms with Crippen LogP contribution in [0, 0.1) is 25.2 Å². The van der Waals surface area contributed by atoms with Gasteiger partial charge < -0.3 is 20.4 Å². The van der Waals surface area contributed by atoms with Crippen molar-refractivity contribution in [3.05, 3.63) is 105 Å². The molecule has 2 aromatic carbocycles. The van der Waals surface area contributed by atoms with E-state index in [4.69, 9.17) is 16.0 Å². The topological polar surface area (TPSA) is 107 Å². The van der Waals surface area contributed by atoms with E-state index in [1.54, 1.807) is 43.3 Å². The van der Waals surface area contributed by atoms with Crippen LogP contribution in [0.25, 0.3) is 0 Å². The molecule has 0 aliphatic carbocycles. The third-order valence-electron chi connectivity index (χ3n) is 5.83. The summed E-state index contributed by atoms with van der Waals surface area (Å²) < 4.78 is 5.64. The second-order valence-corrected chi connectivity index (χ2v) is 10.0. The van der Waals surface area contributed by atoms with Crippen molar-refractivity contribution in [3.63, 3.8) is 0 Å². The molecule has 4 rings (SSSR count). The predicted molar refractivity (Wildman–Crippen MR) is 147 cm³/mol. The van der Waals surface area contributed by atoms with Gasteiger partial charge in [-0.3, -0.25) is 9.59 Å². The van der Waals surface area contributed by atoms with Gasteiger partial charge in [-0.25, -0.2) is 0 Å². The molecule has 1 atom stereocenters. The lowest BCUT2D eigenvalue weighted by Gasteiger charge is -2.28. The Labute approximate surface area is 224 Å². The van der Waals surface area contributed by atoms with Crippen LogP contribution in [0.15, 0.2) is 87.1 Å². The van der Waals surface area contributed by atoms with Crippen molar-refractivity contribution in [1.82, 2.24) is 5.32 Å². The molecule has 188 valence electrons. The van der Waals surface area contributed by atoms with Gasteiger partial charge in [0.25, 0.3) is 5.91 Å². The molecule has 1 aromatic heterocycles. The highest BCUT2D eigenvalue weighted by molar-refractivity contribution is 8.03. The number of aryl methyl sites for hydroxylation is 2. The van der Waals surface area contributed by atoms with Crippen molar-refractivity contribution >= 4 is 46.6 Å². The fourth-order valence-corrected chi connectivity index (χ4v) is 5.09. The van der Waals surface area contributed by atoms with Gasteiger partial charge in [0.15, 0.2) is 0 Å². The molecule has 0 unspecified atom stereocenters. The zero-order valence-electron chi connectivity index (χ0n) is 20.5. The number of benzene rings is 2. The summed E-state index contributed by atoms with van der Waals surface area (Å²) in [5.41, 5.74) is 4.61. The number of thioether (sulfide) groups is 1. The standard InChI is InChI=1S/C28H25ClN4O3S/c1-16-6-11-22(17(2)13-16)33-24(34)15-37-28-21(14-30)26(23-5-4-12-36-23)25(18(3)31-28)27(35)32-20-9-7-19(29)8-10-20/h4-13,26,31H,15H2,1-3H3,(H,32,35)(H,33,34)/t26-/m0/s1. The Morgan fingerprint density at radius 3 is 2.51 bits per heavy atom. The van der Waals surface area contributed by atoms with E-state index in [-0.39, 0.29) is 17.6 Å². The van der Waals surface area contributed by atoms with Gasteiger partial charge in [-0.1, -0.05) is 41.1 Å². The lowest BCUT2D eigenvalue weighted by molar-refractivity contribution is -0.114. The largest absolute Gasteiger partial charge is 0.468 e. The molecule has 3 aromatic rings. The van der Waals surface area contributed by atoms with Crippen LogP contribution in [0.1, 0.15) is 29.7 Å². The molecule has 1 aliphatic rings. The van der Waals surface area contributed by atoms with Crippen LogP contribution in [-0.2, 0) is 9.59 Å². The number of furan rings is 1. The van der Waals surface area contributed by atoms with E-state index < -0.39 is 5.92 Å². The monoisotopic (exact) mass is 532 g/mol. The van der Waals surface area contributed by atoms with Crippen LogP contribution in [0.4, 0.5) is 11.4 Å². The molecule has 9 heteroatoms. The van der Waals surface area contributed by atoms with Crippen molar-refractivity contribution in [3.8, 4) is 6.07 Å². The van der Waals surface area contributed by atoms with Crippen molar-refractivity contribution in [2.75, 3.05) is 16.4 Å². The Morgan fingerprint density at radius 1 is 1.11 bits per heavy atom. The molecule has 0 saturated heterocycles. The van der Waals surface area contributed by atoms with Gasteiger partial charge in [0.05, 0.1) is 40.2 Å². The van der Waals surface area contributed by atoms with Gasteiger partial charge in [-0.15, -0.1) is 0 Å². The number of halogens is 1. The second kappa shape index (κ2) is 11.4. The van der Waals surface area contributed by atoms with Crippen molar-refractivity contribution in [2.45, 2.75) is 26.7 Å². The fourth-order valence-electron chi connectivity index (χ4n) is 4.08. The summed E-state index contributed by atoms with van der Waals surface area (Å²) in [5.74, 6) is -0.787. The summed E-state index contributed by atoms with van der Waals surface area (Å²) in [6.07, 6.45) is 1.50. The molecule has 7 nitrogen and oxygen atoms in total. The molecule has 3 N–H and O–H groups in total. The molecule has 0 radical (unpaired) electrons. The number of carbonyl (C=O) groups is 2. The molecule has 2 heterocycles. The second-order valence-electron chi connectivity index (χ2n) is 8.58. The Hall–Kier alpha value is -3.93. The molecule has 37 heavy (non-hydrogen) atoms. The Morgan fingerprint density at radius 2 is 1.86 bits per heavy atom. The first-order valence-corrected chi connectivity index (χ1v) is 12.9. The molecule has 2 amide bonds. The van der Waals surface area contributed by atoms with Gasteiger partial charge in [-0.2, -0.15) is 5.26 Å². The third-order valence-corrected chi connectivity index (χ3v) is 7.09. The lowest BCUT2D eigenvalue weighted by atomic mass is 9.85. The summed E-state index contributed by atoms with van der Waals surface area (Å²) in [7, 11) is 0. The van der Waals surface area contributed by atoms with E-state index in [0.29, 0.717) is 38.3 Å². The van der Waals surface area contributed by atoms with Crippen LogP contribution in [-0.4, -0.2) is 17.6 Å². The van der Waals surface area contributed by atoms with Crippen LogP contribution in [0.3, 0.4) is 0 Å². The predicted octanol–water partition coefficient (Wildman–Crippen LogP) is 6.26. The molecule has 0 bridgehead atoms. The molecular formula is C28H25ClN4O3S. The molecule has 1 aliphatic heterocycles. The van der Waals surface area contributed by atoms with Crippen LogP contribution in [0.2, 0.25) is 5.02 Å². The van der Waals surface area contributed by atoms with E-state index >= 15 is 0 Å². The first kappa shape index (κ1) is 26.1. The number of nitrogens with one attached hydrogen (secondary N) is 3. The average Bonchev–Trinajstić information content (AvgIpc) is 3.40. The number of allylic oxidation sites excluding steroid dienone is 2. The SMILES string of the molecule is CC1=C(C(=O)Nc2ccc(Cl)cc2)[C@H](c2ccco2)C(C#N)=C(SCC(=O)Nc2ccc(C)cc2C)N1. The molecule has 0 spiro atoms. The minimum Gasteiger partial charge on any atom is -0.468 e. The minimum absolute atomic E-state index is 0.0747. The lowest BCUT2D eigenvalue weighted by Crippen LogP contribution is -2.31. The minimum atomic E-state index is -0.738. The number of hydrogen-bond acceptors (Lipinski definition) is 6. The number of dihydropyridines is 1. The van der Waals surface area contributed by atoms with Crippen molar-refractivity contribution < 1.29 is 14.0 Å². The highest BCUT2D eigenvalue weighted by Gasteiger charge is 2.36. The first-order chi connectivity index (χ1) is 17.8. The number of nitriles is 1. The van der Waals surface area contributed by atoms with Gasteiger partial charge >= 0.3 is 0 Å². The number of carbonyl (C=O) groups excluding carboxylic acids is 2. The summed E-state index contributed by atoms with van der Waals surface area (Å²) in [5, 5.41) is 20.1. The van der Waals surface area contributed by atoms with Crippen molar-refractivity contribution in [1.29, 1.82) is 5.26 Å². The Kier molecular flexibility index (Phi) is 8.07. The smallest absolute Gasteiger partial charge is 0.254 e. The van der Waals surface area contributed by atoms with Crippen LogP contribution >= 0.6 is 23.4 Å². The molecular weight excluding hydrogens is 508 g/mol. The number of amides is 2. The van der Waals surface area contributed by atoms with E-state index in [2.05, 4.69) is 22.0 Å². The number of rotatable bonds is 7. The van der Waals surface area contributed by atoms with Gasteiger partial charge in [-0.05, 0) is 68.8 Å². The normalized spacial score (nSPS) is 15.2. The van der Waals surface area contributed by atoms with Crippen LogP contribution in [0.5, 0.6) is 0 Å². The van der Waals surface area contributed by atoms with Gasteiger partial charge in [0, 0.05) is 22.1 Å². The van der Waals surface area contributed by atoms with Crippen LogP contribution < -0.4 is 16.0 Å². The molecule has 0 saturated carbocycles. The highest BCUT2D eigenvalue weighted by Crippen LogP contribution is 2.41.